The Balaban J connectivity index is 1.34. The van der Waals surface area contributed by atoms with E-state index in [4.69, 9.17) is 23.8 Å². The van der Waals surface area contributed by atoms with Crippen molar-refractivity contribution in [1.82, 2.24) is 4.98 Å². The van der Waals surface area contributed by atoms with Gasteiger partial charge in [-0.25, -0.2) is 22.9 Å². The van der Waals surface area contributed by atoms with E-state index in [-0.39, 0.29) is 23.8 Å². The molecule has 1 aliphatic heterocycles. The van der Waals surface area contributed by atoms with Gasteiger partial charge in [0.15, 0.2) is 12.1 Å². The second-order valence-electron chi connectivity index (χ2n) is 9.85. The van der Waals surface area contributed by atoms with Crippen LogP contribution in [-0.4, -0.2) is 45.1 Å². The van der Waals surface area contributed by atoms with Crippen molar-refractivity contribution in [3.05, 3.63) is 95.6 Å². The summed E-state index contributed by atoms with van der Waals surface area (Å²) in [4.78, 5) is 4.57. The molecular formula is C30H31FN2O7S. The van der Waals surface area contributed by atoms with E-state index in [1.165, 1.54) is 24.3 Å². The molecule has 9 nitrogen and oxygen atoms in total. The Labute approximate surface area is 237 Å². The quantitative estimate of drug-likeness (QED) is 0.261. The lowest BCUT2D eigenvalue weighted by Crippen LogP contribution is -2.35. The van der Waals surface area contributed by atoms with Crippen LogP contribution in [0.4, 0.5) is 4.39 Å². The van der Waals surface area contributed by atoms with E-state index in [1.54, 1.807) is 19.2 Å². The molecule has 2 heterocycles. The van der Waals surface area contributed by atoms with Gasteiger partial charge in [0, 0.05) is 44.3 Å². The van der Waals surface area contributed by atoms with Crippen LogP contribution in [0, 0.1) is 5.82 Å². The molecule has 0 bridgehead atoms. The first-order chi connectivity index (χ1) is 19.7. The molecule has 41 heavy (non-hydrogen) atoms. The normalized spacial score (nSPS) is 16.0. The standard InChI is InChI=1S/C30H31FN2O7S/c1-37-30(11-13-38-14-12-30)23-15-20(16-24(31)17-23)19-39-27(34)18-26-33-28(21-5-3-2-4-6-21)29(40-26)22-7-9-25(10-8-22)41(32,35)36/h2-10,15-17,27,34H,11-14,18-19H2,1H3,(H2,32,35,36). The highest BCUT2D eigenvalue weighted by atomic mass is 32.2. The van der Waals surface area contributed by atoms with Crippen molar-refractivity contribution in [3.63, 3.8) is 0 Å². The number of sulfonamides is 1. The minimum Gasteiger partial charge on any atom is -0.440 e. The number of hydrogen-bond donors (Lipinski definition) is 2. The fourth-order valence-corrected chi connectivity index (χ4v) is 5.46. The molecule has 4 aromatic rings. The Morgan fingerprint density at radius 1 is 1.05 bits per heavy atom. The predicted molar refractivity (Wildman–Crippen MR) is 148 cm³/mol. The van der Waals surface area contributed by atoms with E-state index in [9.17, 15) is 17.9 Å². The molecule has 3 N–H and O–H groups in total. The average molecular weight is 583 g/mol. The smallest absolute Gasteiger partial charge is 0.238 e. The maximum absolute atomic E-state index is 14.5. The van der Waals surface area contributed by atoms with Gasteiger partial charge >= 0.3 is 0 Å². The van der Waals surface area contributed by atoms with Crippen LogP contribution in [0.15, 0.2) is 82.1 Å². The van der Waals surface area contributed by atoms with Gasteiger partial charge in [-0.1, -0.05) is 36.4 Å². The third kappa shape index (κ3) is 6.72. The van der Waals surface area contributed by atoms with Crippen molar-refractivity contribution < 1.29 is 36.5 Å². The molecule has 3 aromatic carbocycles. The number of aromatic nitrogens is 1. The molecule has 1 atom stereocenters. The van der Waals surface area contributed by atoms with Crippen LogP contribution in [-0.2, 0) is 42.9 Å². The van der Waals surface area contributed by atoms with Gasteiger partial charge < -0.3 is 23.7 Å². The number of oxazole rings is 1. The maximum atomic E-state index is 14.5. The van der Waals surface area contributed by atoms with Gasteiger partial charge in [-0.05, 0) is 47.5 Å². The highest BCUT2D eigenvalue weighted by Gasteiger charge is 2.35. The van der Waals surface area contributed by atoms with Crippen LogP contribution in [0.1, 0.15) is 29.9 Å². The van der Waals surface area contributed by atoms with Crippen molar-refractivity contribution in [2.75, 3.05) is 20.3 Å². The second kappa shape index (κ2) is 12.2. The summed E-state index contributed by atoms with van der Waals surface area (Å²) in [5, 5.41) is 15.9. The van der Waals surface area contributed by atoms with Crippen molar-refractivity contribution in [2.45, 2.75) is 42.7 Å². The summed E-state index contributed by atoms with van der Waals surface area (Å²) in [5.74, 6) is 0.189. The number of halogens is 1. The first-order valence-corrected chi connectivity index (χ1v) is 14.6. The molecule has 0 radical (unpaired) electrons. The van der Waals surface area contributed by atoms with Gasteiger partial charge in [0.25, 0.3) is 0 Å². The average Bonchev–Trinajstić information content (AvgIpc) is 3.40. The maximum Gasteiger partial charge on any atom is 0.238 e. The van der Waals surface area contributed by atoms with Crippen LogP contribution in [0.25, 0.3) is 22.6 Å². The zero-order valence-electron chi connectivity index (χ0n) is 22.5. The van der Waals surface area contributed by atoms with Gasteiger partial charge in [-0.3, -0.25) is 0 Å². The van der Waals surface area contributed by atoms with Crippen molar-refractivity contribution in [1.29, 1.82) is 0 Å². The Kier molecular flexibility index (Phi) is 8.64. The van der Waals surface area contributed by atoms with Crippen molar-refractivity contribution in [3.8, 4) is 22.6 Å². The lowest BCUT2D eigenvalue weighted by Gasteiger charge is -2.36. The van der Waals surface area contributed by atoms with E-state index in [0.717, 1.165) is 5.56 Å². The summed E-state index contributed by atoms with van der Waals surface area (Å²) in [5.41, 5.74) is 2.49. The number of nitrogens with two attached hydrogens (primary N) is 1. The number of hydrogen-bond acceptors (Lipinski definition) is 8. The van der Waals surface area contributed by atoms with E-state index in [1.807, 2.05) is 36.4 Å². The first kappa shape index (κ1) is 29.1. The Hall–Kier alpha value is -3.45. The lowest BCUT2D eigenvalue weighted by atomic mass is 9.85. The molecule has 216 valence electrons. The number of benzene rings is 3. The van der Waals surface area contributed by atoms with Gasteiger partial charge in [-0.2, -0.15) is 0 Å². The molecule has 11 heteroatoms. The van der Waals surface area contributed by atoms with Crippen LogP contribution >= 0.6 is 0 Å². The molecule has 0 saturated carbocycles. The molecule has 1 unspecified atom stereocenters. The van der Waals surface area contributed by atoms with Crippen LogP contribution in [0.2, 0.25) is 0 Å². The predicted octanol–water partition coefficient (Wildman–Crippen LogP) is 4.52. The zero-order chi connectivity index (χ0) is 29.0. The third-order valence-electron chi connectivity index (χ3n) is 7.13. The highest BCUT2D eigenvalue weighted by Crippen LogP contribution is 2.37. The molecule has 1 saturated heterocycles. The van der Waals surface area contributed by atoms with Crippen molar-refractivity contribution >= 4 is 10.0 Å². The summed E-state index contributed by atoms with van der Waals surface area (Å²) in [6, 6.07) is 19.9. The number of rotatable bonds is 10. The van der Waals surface area contributed by atoms with Crippen LogP contribution in [0.3, 0.4) is 0 Å². The fourth-order valence-electron chi connectivity index (χ4n) is 4.94. The van der Waals surface area contributed by atoms with Gasteiger partial charge in [0.1, 0.15) is 11.5 Å². The molecule has 1 aromatic heterocycles. The Bertz CT molecular complexity index is 1590. The highest BCUT2D eigenvalue weighted by molar-refractivity contribution is 7.89. The summed E-state index contributed by atoms with van der Waals surface area (Å²) in [6.07, 6.45) is -0.147. The zero-order valence-corrected chi connectivity index (χ0v) is 23.3. The molecule has 1 aliphatic rings. The topological polar surface area (TPSA) is 134 Å². The number of primary sulfonamides is 1. The minimum atomic E-state index is -3.85. The monoisotopic (exact) mass is 582 g/mol. The summed E-state index contributed by atoms with van der Waals surface area (Å²) >= 11 is 0. The lowest BCUT2D eigenvalue weighted by molar-refractivity contribution is -0.109. The van der Waals surface area contributed by atoms with E-state index in [2.05, 4.69) is 4.98 Å². The number of nitrogens with zero attached hydrogens (tertiary/aromatic N) is 1. The molecule has 0 spiro atoms. The summed E-state index contributed by atoms with van der Waals surface area (Å²) in [6.45, 7) is 0.999. The van der Waals surface area contributed by atoms with Gasteiger partial charge in [0.05, 0.1) is 23.5 Å². The van der Waals surface area contributed by atoms with Gasteiger partial charge in [0.2, 0.25) is 15.9 Å². The number of aliphatic hydroxyl groups excluding tert-OH is 1. The summed E-state index contributed by atoms with van der Waals surface area (Å²) < 4.78 is 60.8. The SMILES string of the molecule is COC1(c2cc(F)cc(COC(O)Cc3nc(-c4ccccc4)c(-c4ccc(S(N)(=O)=O)cc4)o3)c2)CCOCC1. The second-order valence-corrected chi connectivity index (χ2v) is 11.4. The fraction of sp³-hybridized carbons (Fsp3) is 0.300. The largest absolute Gasteiger partial charge is 0.440 e. The van der Waals surface area contributed by atoms with E-state index in [0.29, 0.717) is 54.2 Å². The number of ether oxygens (including phenoxy) is 3. The van der Waals surface area contributed by atoms with E-state index >= 15 is 0 Å². The Morgan fingerprint density at radius 2 is 1.76 bits per heavy atom. The molecule has 1 fully saturated rings. The molecule has 5 rings (SSSR count). The number of methoxy groups -OCH3 is 1. The Morgan fingerprint density at radius 3 is 2.41 bits per heavy atom. The molecule has 0 amide bonds. The first-order valence-electron chi connectivity index (χ1n) is 13.1. The van der Waals surface area contributed by atoms with E-state index < -0.39 is 27.7 Å². The minimum absolute atomic E-state index is 0.0279. The third-order valence-corrected chi connectivity index (χ3v) is 8.06. The molecular weight excluding hydrogens is 551 g/mol. The number of aliphatic hydroxyl groups is 1. The van der Waals surface area contributed by atoms with Crippen LogP contribution in [0.5, 0.6) is 0 Å². The van der Waals surface area contributed by atoms with Crippen LogP contribution < -0.4 is 5.14 Å². The van der Waals surface area contributed by atoms with Crippen molar-refractivity contribution in [2.24, 2.45) is 5.14 Å². The summed E-state index contributed by atoms with van der Waals surface area (Å²) in [7, 11) is -2.24. The molecule has 0 aliphatic carbocycles. The van der Waals surface area contributed by atoms with Gasteiger partial charge in [-0.15, -0.1) is 0 Å².